The first-order valence-electron chi connectivity index (χ1n) is 9.02. The number of benzene rings is 2. The Kier molecular flexibility index (Phi) is 7.03. The number of rotatable bonds is 8. The van der Waals surface area contributed by atoms with Crippen LogP contribution in [0.25, 0.3) is 11.4 Å². The highest BCUT2D eigenvalue weighted by Gasteiger charge is 2.22. The minimum Gasteiger partial charge on any atom is -0.324 e. The van der Waals surface area contributed by atoms with Gasteiger partial charge in [0.1, 0.15) is 5.82 Å². The molecule has 1 atom stereocenters. The van der Waals surface area contributed by atoms with E-state index in [0.717, 1.165) is 11.8 Å². The lowest BCUT2D eigenvalue weighted by Gasteiger charge is -2.13. The summed E-state index contributed by atoms with van der Waals surface area (Å²) < 4.78 is 15.9. The summed E-state index contributed by atoms with van der Waals surface area (Å²) in [5, 5.41) is 21.7. The predicted molar refractivity (Wildman–Crippen MR) is 118 cm³/mol. The molecule has 1 N–H and O–H groups in total. The Hall–Kier alpha value is -3.24. The molecule has 0 aliphatic rings. The summed E-state index contributed by atoms with van der Waals surface area (Å²) in [5.41, 5.74) is 0.220. The van der Waals surface area contributed by atoms with Crippen molar-refractivity contribution in [1.82, 2.24) is 14.8 Å². The number of hydrogen-bond donors (Lipinski definition) is 1. The van der Waals surface area contributed by atoms with Crippen LogP contribution in [0.3, 0.4) is 0 Å². The van der Waals surface area contributed by atoms with Crippen molar-refractivity contribution in [3.8, 4) is 11.4 Å². The number of nitrogens with one attached hydrogen (secondary N) is 1. The number of non-ortho nitro benzene ring substituents is 1. The number of carbonyl (C=O) groups excluding carboxylic acids is 1. The van der Waals surface area contributed by atoms with Gasteiger partial charge in [0.15, 0.2) is 11.0 Å². The molecule has 3 rings (SSSR count). The molecule has 0 radical (unpaired) electrons. The van der Waals surface area contributed by atoms with Crippen LogP contribution < -0.4 is 5.32 Å². The molecule has 8 nitrogen and oxygen atoms in total. The molecule has 0 aliphatic carbocycles. The summed E-state index contributed by atoms with van der Waals surface area (Å²) in [6, 6.07) is 9.97. The van der Waals surface area contributed by atoms with Gasteiger partial charge < -0.3 is 5.32 Å². The van der Waals surface area contributed by atoms with Crippen molar-refractivity contribution >= 4 is 40.6 Å². The first-order valence-corrected chi connectivity index (χ1v) is 10.3. The molecule has 2 aromatic carbocycles. The van der Waals surface area contributed by atoms with Crippen LogP contribution >= 0.6 is 23.4 Å². The standard InChI is InChI=1S/C20H17ClFN5O3S/c1-3-10-26-18(14-6-4-5-7-16(14)22)24-25-20(26)31-12(2)19(28)23-17-11-13(27(29)30)8-9-15(17)21/h3-9,11-12H,1,10H2,2H3,(H,23,28). The Labute approximate surface area is 186 Å². The zero-order valence-corrected chi connectivity index (χ0v) is 17.9. The molecule has 0 fully saturated rings. The van der Waals surface area contributed by atoms with Gasteiger partial charge in [-0.15, -0.1) is 16.8 Å². The molecule has 1 aromatic heterocycles. The van der Waals surface area contributed by atoms with Gasteiger partial charge in [-0.1, -0.05) is 41.6 Å². The molecule has 3 aromatic rings. The second kappa shape index (κ2) is 9.71. The number of thioether (sulfide) groups is 1. The average molecular weight is 462 g/mol. The van der Waals surface area contributed by atoms with Crippen molar-refractivity contribution in [3.05, 3.63) is 76.1 Å². The smallest absolute Gasteiger partial charge is 0.271 e. The lowest BCUT2D eigenvalue weighted by Crippen LogP contribution is -2.23. The molecule has 0 saturated carbocycles. The van der Waals surface area contributed by atoms with E-state index >= 15 is 0 Å². The summed E-state index contributed by atoms with van der Waals surface area (Å²) in [6.07, 6.45) is 1.62. The largest absolute Gasteiger partial charge is 0.324 e. The second-order valence-electron chi connectivity index (χ2n) is 6.36. The monoisotopic (exact) mass is 461 g/mol. The number of nitro groups is 1. The summed E-state index contributed by atoms with van der Waals surface area (Å²) in [4.78, 5) is 23.0. The Morgan fingerprint density at radius 1 is 1.39 bits per heavy atom. The SMILES string of the molecule is C=CCn1c(SC(C)C(=O)Nc2cc([N+](=O)[O-])ccc2Cl)nnc1-c1ccccc1F. The highest BCUT2D eigenvalue weighted by molar-refractivity contribution is 8.00. The van der Waals surface area contributed by atoms with Gasteiger partial charge in [0.25, 0.3) is 5.69 Å². The Morgan fingerprint density at radius 2 is 2.13 bits per heavy atom. The van der Waals surface area contributed by atoms with Crippen molar-refractivity contribution in [1.29, 1.82) is 0 Å². The van der Waals surface area contributed by atoms with E-state index in [1.807, 2.05) is 0 Å². The lowest BCUT2D eigenvalue weighted by molar-refractivity contribution is -0.384. The third-order valence-corrected chi connectivity index (χ3v) is 5.62. The molecule has 0 bridgehead atoms. The van der Waals surface area contributed by atoms with Crippen LogP contribution in [-0.4, -0.2) is 30.8 Å². The summed E-state index contributed by atoms with van der Waals surface area (Å²) >= 11 is 7.15. The van der Waals surface area contributed by atoms with Crippen LogP contribution in [0.2, 0.25) is 5.02 Å². The third kappa shape index (κ3) is 5.09. The number of hydrogen-bond acceptors (Lipinski definition) is 6. The maximum atomic E-state index is 14.2. The topological polar surface area (TPSA) is 103 Å². The lowest BCUT2D eigenvalue weighted by atomic mass is 10.2. The number of allylic oxidation sites excluding steroid dienone is 1. The van der Waals surface area contributed by atoms with Crippen LogP contribution in [-0.2, 0) is 11.3 Å². The predicted octanol–water partition coefficient (Wildman–Crippen LogP) is 4.95. The minimum atomic E-state index is -0.656. The van der Waals surface area contributed by atoms with Crippen molar-refractivity contribution in [3.63, 3.8) is 0 Å². The summed E-state index contributed by atoms with van der Waals surface area (Å²) in [7, 11) is 0. The van der Waals surface area contributed by atoms with Crippen molar-refractivity contribution in [2.45, 2.75) is 23.9 Å². The highest BCUT2D eigenvalue weighted by Crippen LogP contribution is 2.30. The van der Waals surface area contributed by atoms with Crippen LogP contribution in [0.1, 0.15) is 6.92 Å². The zero-order chi connectivity index (χ0) is 22.5. The van der Waals surface area contributed by atoms with Gasteiger partial charge in [-0.2, -0.15) is 0 Å². The van der Waals surface area contributed by atoms with Crippen LogP contribution in [0.5, 0.6) is 0 Å². The zero-order valence-electron chi connectivity index (χ0n) is 16.3. The van der Waals surface area contributed by atoms with Gasteiger partial charge in [0.05, 0.1) is 26.4 Å². The second-order valence-corrected chi connectivity index (χ2v) is 8.07. The van der Waals surface area contributed by atoms with E-state index in [-0.39, 0.29) is 22.0 Å². The fraction of sp³-hybridized carbons (Fsp3) is 0.150. The number of nitrogens with zero attached hydrogens (tertiary/aromatic N) is 4. The fourth-order valence-electron chi connectivity index (χ4n) is 2.68. The van der Waals surface area contributed by atoms with Crippen molar-refractivity contribution < 1.29 is 14.1 Å². The number of nitro benzene ring substituents is 1. The molecular weight excluding hydrogens is 445 g/mol. The number of halogens is 2. The van der Waals surface area contributed by atoms with E-state index in [0.29, 0.717) is 17.5 Å². The molecule has 0 saturated heterocycles. The molecule has 1 heterocycles. The van der Waals surface area contributed by atoms with E-state index in [2.05, 4.69) is 22.1 Å². The van der Waals surface area contributed by atoms with Crippen molar-refractivity contribution in [2.75, 3.05) is 5.32 Å². The van der Waals surface area contributed by atoms with Gasteiger partial charge in [-0.05, 0) is 25.1 Å². The molecular formula is C20H17ClFN5O3S. The average Bonchev–Trinajstić information content (AvgIpc) is 3.12. The molecule has 0 aliphatic heterocycles. The quantitative estimate of drug-likeness (QED) is 0.220. The molecule has 1 amide bonds. The molecule has 160 valence electrons. The first-order chi connectivity index (χ1) is 14.8. The highest BCUT2D eigenvalue weighted by atomic mass is 35.5. The molecule has 0 spiro atoms. The number of anilines is 1. The number of amides is 1. The van der Waals surface area contributed by atoms with Crippen molar-refractivity contribution in [2.24, 2.45) is 0 Å². The third-order valence-electron chi connectivity index (χ3n) is 4.21. The maximum absolute atomic E-state index is 14.2. The van der Waals surface area contributed by atoms with E-state index in [1.54, 1.807) is 35.8 Å². The fourth-order valence-corrected chi connectivity index (χ4v) is 3.70. The maximum Gasteiger partial charge on any atom is 0.271 e. The molecule has 11 heteroatoms. The molecule has 31 heavy (non-hydrogen) atoms. The Bertz CT molecular complexity index is 1150. The normalized spacial score (nSPS) is 11.7. The van der Waals surface area contributed by atoms with Gasteiger partial charge >= 0.3 is 0 Å². The summed E-state index contributed by atoms with van der Waals surface area (Å²) in [5.74, 6) is -0.564. The first kappa shape index (κ1) is 22.4. The van der Waals surface area contributed by atoms with Crippen LogP contribution in [0.4, 0.5) is 15.8 Å². The van der Waals surface area contributed by atoms with Crippen LogP contribution in [0.15, 0.2) is 60.3 Å². The summed E-state index contributed by atoms with van der Waals surface area (Å²) in [6.45, 7) is 5.66. The van der Waals surface area contributed by atoms with Gasteiger partial charge in [0.2, 0.25) is 5.91 Å². The van der Waals surface area contributed by atoms with E-state index < -0.39 is 21.9 Å². The van der Waals surface area contributed by atoms with Gasteiger partial charge in [-0.3, -0.25) is 19.5 Å². The number of aromatic nitrogens is 3. The Morgan fingerprint density at radius 3 is 2.81 bits per heavy atom. The van der Waals surface area contributed by atoms with E-state index in [1.165, 1.54) is 24.3 Å². The van der Waals surface area contributed by atoms with Crippen LogP contribution in [0, 0.1) is 15.9 Å². The minimum absolute atomic E-state index is 0.132. The van der Waals surface area contributed by atoms with Gasteiger partial charge in [-0.25, -0.2) is 4.39 Å². The molecule has 1 unspecified atom stereocenters. The Balaban J connectivity index is 1.82. The van der Waals surface area contributed by atoms with E-state index in [4.69, 9.17) is 11.6 Å². The number of carbonyl (C=O) groups is 1. The van der Waals surface area contributed by atoms with Gasteiger partial charge in [0, 0.05) is 18.7 Å². The van der Waals surface area contributed by atoms with E-state index in [9.17, 15) is 19.3 Å².